The van der Waals surface area contributed by atoms with Crippen molar-refractivity contribution < 1.29 is 5.11 Å². The van der Waals surface area contributed by atoms with Crippen molar-refractivity contribution in [3.8, 4) is 17.0 Å². The van der Waals surface area contributed by atoms with Crippen LogP contribution in [0.5, 0.6) is 5.88 Å². The van der Waals surface area contributed by atoms with Gasteiger partial charge in [0, 0.05) is 5.69 Å². The van der Waals surface area contributed by atoms with Crippen molar-refractivity contribution in [3.63, 3.8) is 0 Å². The van der Waals surface area contributed by atoms with Crippen molar-refractivity contribution in [1.82, 2.24) is 20.2 Å². The lowest BCUT2D eigenvalue weighted by molar-refractivity contribution is 0.450. The summed E-state index contributed by atoms with van der Waals surface area (Å²) in [6.07, 6.45) is 0. The standard InChI is InChI=1S/C14H12N6O3/c1-7-9(8-5-3-2-4-6-8)11(19-17-7)20-18-10-12(21)15-14(23)16-13(10)22/h2-6H,1H3,(H,17,19)(H3,15,16,21,22,23). The van der Waals surface area contributed by atoms with Gasteiger partial charge in [-0.3, -0.25) is 19.9 Å². The molecule has 9 heteroatoms. The van der Waals surface area contributed by atoms with Gasteiger partial charge in [-0.2, -0.15) is 5.10 Å². The van der Waals surface area contributed by atoms with Gasteiger partial charge in [-0.15, -0.1) is 10.2 Å². The topological polar surface area (TPSA) is 139 Å². The molecule has 2 aromatic heterocycles. The van der Waals surface area contributed by atoms with Crippen LogP contribution in [-0.2, 0) is 0 Å². The SMILES string of the molecule is Cc1[nH]nc(N=Nc2c(O)[nH]c(=O)[nH]c2=O)c1-c1ccccc1. The van der Waals surface area contributed by atoms with Gasteiger partial charge in [0.2, 0.25) is 17.4 Å². The molecule has 0 radical (unpaired) electrons. The Morgan fingerprint density at radius 1 is 1.09 bits per heavy atom. The second-order valence-electron chi connectivity index (χ2n) is 4.72. The third kappa shape index (κ3) is 2.79. The maximum atomic E-state index is 11.6. The number of hydrogen-bond acceptors (Lipinski definition) is 6. The lowest BCUT2D eigenvalue weighted by Gasteiger charge is -2.00. The molecule has 0 unspecified atom stereocenters. The number of aromatic hydroxyl groups is 1. The molecule has 9 nitrogen and oxygen atoms in total. The minimum Gasteiger partial charge on any atom is -0.493 e. The highest BCUT2D eigenvalue weighted by Gasteiger charge is 2.13. The molecule has 0 saturated carbocycles. The van der Waals surface area contributed by atoms with Crippen molar-refractivity contribution in [1.29, 1.82) is 0 Å². The summed E-state index contributed by atoms with van der Waals surface area (Å²) < 4.78 is 0. The minimum absolute atomic E-state index is 0.263. The van der Waals surface area contributed by atoms with Crippen molar-refractivity contribution >= 4 is 11.5 Å². The second kappa shape index (κ2) is 5.72. The van der Waals surface area contributed by atoms with Crippen molar-refractivity contribution in [2.75, 3.05) is 0 Å². The van der Waals surface area contributed by atoms with E-state index in [1.165, 1.54) is 0 Å². The Labute approximate surface area is 128 Å². The van der Waals surface area contributed by atoms with Crippen LogP contribution in [0.15, 0.2) is 50.1 Å². The van der Waals surface area contributed by atoms with Gasteiger partial charge in [-0.1, -0.05) is 30.3 Å². The van der Waals surface area contributed by atoms with E-state index in [2.05, 4.69) is 20.4 Å². The molecular formula is C14H12N6O3. The van der Waals surface area contributed by atoms with Gasteiger partial charge < -0.3 is 5.11 Å². The summed E-state index contributed by atoms with van der Waals surface area (Å²) in [7, 11) is 0. The molecular weight excluding hydrogens is 300 g/mol. The van der Waals surface area contributed by atoms with Crippen LogP contribution in [0.25, 0.3) is 11.1 Å². The highest BCUT2D eigenvalue weighted by Crippen LogP contribution is 2.32. The number of aromatic nitrogens is 4. The molecule has 23 heavy (non-hydrogen) atoms. The average molecular weight is 312 g/mol. The summed E-state index contributed by atoms with van der Waals surface area (Å²) in [5.74, 6) is -0.394. The number of nitrogens with one attached hydrogen (secondary N) is 3. The Hall–Kier alpha value is -3.49. The average Bonchev–Trinajstić information content (AvgIpc) is 2.88. The lowest BCUT2D eigenvalue weighted by Crippen LogP contribution is -2.20. The van der Waals surface area contributed by atoms with E-state index >= 15 is 0 Å². The van der Waals surface area contributed by atoms with Crippen molar-refractivity contribution in [2.24, 2.45) is 10.2 Å². The van der Waals surface area contributed by atoms with Gasteiger partial charge in [-0.25, -0.2) is 4.79 Å². The van der Waals surface area contributed by atoms with Crippen molar-refractivity contribution in [3.05, 3.63) is 56.9 Å². The Morgan fingerprint density at radius 3 is 2.52 bits per heavy atom. The summed E-state index contributed by atoms with van der Waals surface area (Å²) in [6, 6.07) is 9.42. The van der Waals surface area contributed by atoms with Crippen LogP contribution < -0.4 is 11.2 Å². The summed E-state index contributed by atoms with van der Waals surface area (Å²) in [4.78, 5) is 26.6. The van der Waals surface area contributed by atoms with Crippen LogP contribution in [0.2, 0.25) is 0 Å². The molecule has 0 bridgehead atoms. The van der Waals surface area contributed by atoms with E-state index in [0.29, 0.717) is 0 Å². The van der Waals surface area contributed by atoms with Gasteiger partial charge in [0.1, 0.15) is 0 Å². The predicted octanol–water partition coefficient (Wildman–Crippen LogP) is 1.88. The molecule has 0 aliphatic rings. The fraction of sp³-hybridized carbons (Fsp3) is 0.0714. The van der Waals surface area contributed by atoms with Crippen LogP contribution in [0.3, 0.4) is 0 Å². The molecule has 3 rings (SSSR count). The van der Waals surface area contributed by atoms with Gasteiger partial charge in [0.15, 0.2) is 0 Å². The molecule has 2 heterocycles. The normalized spacial score (nSPS) is 11.2. The second-order valence-corrected chi connectivity index (χ2v) is 4.72. The third-order valence-corrected chi connectivity index (χ3v) is 3.13. The van der Waals surface area contributed by atoms with E-state index in [4.69, 9.17) is 0 Å². The number of aryl methyl sites for hydroxylation is 1. The number of nitrogens with zero attached hydrogens (tertiary/aromatic N) is 3. The van der Waals surface area contributed by atoms with E-state index < -0.39 is 22.8 Å². The van der Waals surface area contributed by atoms with Gasteiger partial charge in [0.25, 0.3) is 5.56 Å². The van der Waals surface area contributed by atoms with Crippen LogP contribution in [0.4, 0.5) is 11.5 Å². The molecule has 3 aromatic rings. The zero-order valence-electron chi connectivity index (χ0n) is 12.0. The van der Waals surface area contributed by atoms with E-state index in [1.54, 1.807) is 0 Å². The minimum atomic E-state index is -0.844. The number of benzene rings is 1. The van der Waals surface area contributed by atoms with E-state index in [-0.39, 0.29) is 5.82 Å². The van der Waals surface area contributed by atoms with Crippen LogP contribution in [-0.4, -0.2) is 25.3 Å². The first-order valence-corrected chi connectivity index (χ1v) is 6.64. The molecule has 0 fully saturated rings. The Balaban J connectivity index is 2.06. The Kier molecular flexibility index (Phi) is 3.59. The molecule has 4 N–H and O–H groups in total. The largest absolute Gasteiger partial charge is 0.493 e. The summed E-state index contributed by atoms with van der Waals surface area (Å²) in [5.41, 5.74) is 0.326. The molecule has 0 aliphatic heterocycles. The molecule has 0 aliphatic carbocycles. The van der Waals surface area contributed by atoms with E-state index in [9.17, 15) is 14.7 Å². The van der Waals surface area contributed by atoms with Crippen LogP contribution in [0, 0.1) is 6.92 Å². The van der Waals surface area contributed by atoms with Crippen LogP contribution in [0.1, 0.15) is 5.69 Å². The zero-order chi connectivity index (χ0) is 16.4. The molecule has 0 atom stereocenters. The van der Waals surface area contributed by atoms with E-state index in [1.807, 2.05) is 47.2 Å². The number of azo groups is 1. The highest BCUT2D eigenvalue weighted by molar-refractivity contribution is 5.75. The number of rotatable bonds is 3. The predicted molar refractivity (Wildman–Crippen MR) is 82.3 cm³/mol. The number of H-pyrrole nitrogens is 3. The van der Waals surface area contributed by atoms with E-state index in [0.717, 1.165) is 16.8 Å². The monoisotopic (exact) mass is 312 g/mol. The van der Waals surface area contributed by atoms with Gasteiger partial charge in [0.05, 0.1) is 5.56 Å². The van der Waals surface area contributed by atoms with Crippen LogP contribution >= 0.6 is 0 Å². The molecule has 0 amide bonds. The number of hydrogen-bond donors (Lipinski definition) is 4. The quantitative estimate of drug-likeness (QED) is 0.548. The van der Waals surface area contributed by atoms with Gasteiger partial charge in [-0.05, 0) is 12.5 Å². The highest BCUT2D eigenvalue weighted by atomic mass is 16.3. The Morgan fingerprint density at radius 2 is 1.83 bits per heavy atom. The number of aromatic amines is 3. The lowest BCUT2D eigenvalue weighted by atomic mass is 10.1. The molecule has 0 saturated heterocycles. The van der Waals surface area contributed by atoms with Crippen molar-refractivity contribution in [2.45, 2.75) is 6.92 Å². The summed E-state index contributed by atoms with van der Waals surface area (Å²) >= 11 is 0. The first-order chi connectivity index (χ1) is 11.1. The fourth-order valence-electron chi connectivity index (χ4n) is 2.10. The molecule has 116 valence electrons. The molecule has 1 aromatic carbocycles. The zero-order valence-corrected chi connectivity index (χ0v) is 12.0. The third-order valence-electron chi connectivity index (χ3n) is 3.13. The first-order valence-electron chi connectivity index (χ1n) is 6.64. The summed E-state index contributed by atoms with van der Waals surface area (Å²) in [6.45, 7) is 1.83. The fourth-order valence-corrected chi connectivity index (χ4v) is 2.10. The smallest absolute Gasteiger partial charge is 0.328 e. The maximum absolute atomic E-state index is 11.6. The maximum Gasteiger partial charge on any atom is 0.328 e. The molecule has 0 spiro atoms. The Bertz CT molecular complexity index is 984. The van der Waals surface area contributed by atoms with Gasteiger partial charge >= 0.3 is 5.69 Å². The summed E-state index contributed by atoms with van der Waals surface area (Å²) in [5, 5.41) is 24.0. The first kappa shape index (κ1) is 14.4.